The monoisotopic (exact) mass is 415 g/mol. The van der Waals surface area contributed by atoms with Crippen molar-refractivity contribution in [3.05, 3.63) is 47.8 Å². The number of benzene rings is 2. The number of rotatable bonds is 9. The maximum absolute atomic E-state index is 12.3. The van der Waals surface area contributed by atoms with Crippen molar-refractivity contribution in [1.29, 1.82) is 0 Å². The maximum Gasteiger partial charge on any atom is 0.230 e. The summed E-state index contributed by atoms with van der Waals surface area (Å²) in [7, 11) is 4.72. The first-order chi connectivity index (χ1) is 14.0. The maximum atomic E-state index is 12.3. The van der Waals surface area contributed by atoms with Crippen LogP contribution in [0.5, 0.6) is 17.2 Å². The molecule has 0 bridgehead atoms. The van der Waals surface area contributed by atoms with Gasteiger partial charge < -0.3 is 24.5 Å². The van der Waals surface area contributed by atoms with Crippen LogP contribution in [-0.2, 0) is 11.3 Å². The molecule has 0 aliphatic carbocycles. The highest BCUT2D eigenvalue weighted by molar-refractivity contribution is 8.00. The minimum Gasteiger partial charge on any atom is -0.496 e. The Hall–Kier alpha value is -2.87. The normalized spacial score (nSPS) is 11.9. The van der Waals surface area contributed by atoms with Crippen molar-refractivity contribution < 1.29 is 19.0 Å². The Morgan fingerprint density at radius 2 is 1.79 bits per heavy atom. The number of carbonyl (C=O) groups is 1. The van der Waals surface area contributed by atoms with Crippen LogP contribution in [0.15, 0.2) is 36.4 Å². The van der Waals surface area contributed by atoms with Crippen LogP contribution in [0, 0.1) is 0 Å². The predicted octanol–water partition coefficient (Wildman–Crippen LogP) is 3.70. The highest BCUT2D eigenvalue weighted by Gasteiger charge is 2.15. The number of amides is 1. The summed E-state index contributed by atoms with van der Waals surface area (Å²) in [5, 5.41) is 3.00. The van der Waals surface area contributed by atoms with Crippen LogP contribution in [0.25, 0.3) is 11.0 Å². The van der Waals surface area contributed by atoms with Gasteiger partial charge in [0.05, 0.1) is 43.4 Å². The second-order valence-electron chi connectivity index (χ2n) is 6.39. The summed E-state index contributed by atoms with van der Waals surface area (Å²) in [5.74, 6) is 2.93. The van der Waals surface area contributed by atoms with Gasteiger partial charge in [-0.2, -0.15) is 0 Å². The zero-order valence-corrected chi connectivity index (χ0v) is 17.8. The topological polar surface area (TPSA) is 85.5 Å². The van der Waals surface area contributed by atoms with E-state index in [0.717, 1.165) is 22.4 Å². The third-order valence-electron chi connectivity index (χ3n) is 4.52. The molecule has 1 atom stereocenters. The Bertz CT molecular complexity index is 956. The number of hydrogen-bond donors (Lipinski definition) is 2. The van der Waals surface area contributed by atoms with E-state index in [1.54, 1.807) is 27.4 Å². The number of nitrogens with zero attached hydrogens (tertiary/aromatic N) is 1. The second-order valence-corrected chi connectivity index (χ2v) is 7.72. The minimum atomic E-state index is -0.0604. The molecule has 29 heavy (non-hydrogen) atoms. The van der Waals surface area contributed by atoms with E-state index in [1.807, 2.05) is 37.3 Å². The Morgan fingerprint density at radius 3 is 2.48 bits per heavy atom. The van der Waals surface area contributed by atoms with E-state index in [4.69, 9.17) is 14.2 Å². The van der Waals surface area contributed by atoms with Crippen LogP contribution in [0.3, 0.4) is 0 Å². The van der Waals surface area contributed by atoms with E-state index in [2.05, 4.69) is 15.3 Å². The zero-order valence-electron chi connectivity index (χ0n) is 16.9. The van der Waals surface area contributed by atoms with Gasteiger partial charge in [0, 0.05) is 18.2 Å². The molecule has 0 spiro atoms. The summed E-state index contributed by atoms with van der Waals surface area (Å²) in [4.78, 5) is 20.2. The molecular weight excluding hydrogens is 390 g/mol. The number of fused-ring (bicyclic) bond motifs is 1. The van der Waals surface area contributed by atoms with Gasteiger partial charge in [0.1, 0.15) is 11.6 Å². The first kappa shape index (κ1) is 20.9. The van der Waals surface area contributed by atoms with Gasteiger partial charge >= 0.3 is 0 Å². The summed E-state index contributed by atoms with van der Waals surface area (Å²) in [6.45, 7) is 2.37. The largest absolute Gasteiger partial charge is 0.496 e. The van der Waals surface area contributed by atoms with Crippen LogP contribution < -0.4 is 19.5 Å². The molecule has 1 unspecified atom stereocenters. The molecule has 0 fully saturated rings. The van der Waals surface area contributed by atoms with Crippen molar-refractivity contribution in [1.82, 2.24) is 15.3 Å². The summed E-state index contributed by atoms with van der Waals surface area (Å²) in [6.07, 6.45) is 0. The van der Waals surface area contributed by atoms with Crippen molar-refractivity contribution in [2.45, 2.75) is 18.7 Å². The summed E-state index contributed by atoms with van der Waals surface area (Å²) in [5.41, 5.74) is 2.74. The molecule has 1 heterocycles. The van der Waals surface area contributed by atoms with Gasteiger partial charge in [-0.05, 0) is 25.1 Å². The zero-order chi connectivity index (χ0) is 20.8. The van der Waals surface area contributed by atoms with Gasteiger partial charge in [-0.15, -0.1) is 11.8 Å². The van der Waals surface area contributed by atoms with Crippen LogP contribution >= 0.6 is 11.8 Å². The third kappa shape index (κ3) is 4.95. The number of aromatic amines is 1. The Kier molecular flexibility index (Phi) is 6.87. The van der Waals surface area contributed by atoms with Crippen LogP contribution in [0.4, 0.5) is 0 Å². The molecule has 2 aromatic carbocycles. The van der Waals surface area contributed by atoms with Gasteiger partial charge in [0.2, 0.25) is 5.91 Å². The van der Waals surface area contributed by atoms with Crippen LogP contribution in [0.2, 0.25) is 0 Å². The van der Waals surface area contributed by atoms with Crippen molar-refractivity contribution in [3.8, 4) is 17.2 Å². The number of imidazole rings is 1. The van der Waals surface area contributed by atoms with E-state index >= 15 is 0 Å². The lowest BCUT2D eigenvalue weighted by Crippen LogP contribution is -2.25. The molecule has 3 aromatic rings. The lowest BCUT2D eigenvalue weighted by Gasteiger charge is -2.15. The van der Waals surface area contributed by atoms with Gasteiger partial charge in [-0.3, -0.25) is 4.79 Å². The molecule has 1 amide bonds. The number of H-pyrrole nitrogens is 1. The molecule has 2 N–H and O–H groups in total. The van der Waals surface area contributed by atoms with Crippen molar-refractivity contribution >= 4 is 28.7 Å². The second kappa shape index (κ2) is 9.56. The number of methoxy groups -OCH3 is 3. The summed E-state index contributed by atoms with van der Waals surface area (Å²) < 4.78 is 16.0. The quantitative estimate of drug-likeness (QED) is 0.554. The van der Waals surface area contributed by atoms with Crippen molar-refractivity contribution in [2.24, 2.45) is 0 Å². The number of hydrogen-bond acceptors (Lipinski definition) is 6. The number of carbonyl (C=O) groups excluding carboxylic acids is 1. The molecule has 1 aromatic heterocycles. The number of para-hydroxylation sites is 2. The van der Waals surface area contributed by atoms with Crippen molar-refractivity contribution in [2.75, 3.05) is 27.1 Å². The average molecular weight is 416 g/mol. The van der Waals surface area contributed by atoms with Gasteiger partial charge in [0.25, 0.3) is 0 Å². The van der Waals surface area contributed by atoms with Gasteiger partial charge in [-0.1, -0.05) is 12.1 Å². The smallest absolute Gasteiger partial charge is 0.230 e. The number of thioether (sulfide) groups is 1. The van der Waals surface area contributed by atoms with Crippen LogP contribution in [0.1, 0.15) is 23.6 Å². The molecule has 0 radical (unpaired) electrons. The van der Waals surface area contributed by atoms with E-state index in [9.17, 15) is 4.79 Å². The standard InChI is InChI=1S/C21H25N3O4S/c1-13(21-23-15-7-5-6-8-16(15)24-21)29-12-20(25)22-11-14-9-18(27-3)19(28-4)10-17(14)26-2/h5-10,13H,11-12H2,1-4H3,(H,22,25)(H,23,24). The SMILES string of the molecule is COc1cc(OC)c(OC)cc1CNC(=O)CSC(C)c1nc2ccccc2[nH]1. The molecule has 0 saturated carbocycles. The van der Waals surface area contributed by atoms with E-state index < -0.39 is 0 Å². The summed E-state index contributed by atoms with van der Waals surface area (Å²) >= 11 is 1.53. The third-order valence-corrected chi connectivity index (χ3v) is 5.67. The van der Waals surface area contributed by atoms with E-state index in [0.29, 0.717) is 29.5 Å². The molecule has 7 nitrogen and oxygen atoms in total. The fourth-order valence-electron chi connectivity index (χ4n) is 2.92. The Labute approximate surface area is 174 Å². The van der Waals surface area contributed by atoms with Gasteiger partial charge in [0.15, 0.2) is 11.5 Å². The van der Waals surface area contributed by atoms with E-state index in [1.165, 1.54) is 11.8 Å². The number of aromatic nitrogens is 2. The molecule has 154 valence electrons. The first-order valence-electron chi connectivity index (χ1n) is 9.17. The first-order valence-corrected chi connectivity index (χ1v) is 10.2. The lowest BCUT2D eigenvalue weighted by molar-refractivity contribution is -0.118. The Morgan fingerprint density at radius 1 is 1.10 bits per heavy atom. The molecular formula is C21H25N3O4S. The molecule has 0 aliphatic rings. The number of nitrogens with one attached hydrogen (secondary N) is 2. The summed E-state index contributed by atoms with van der Waals surface area (Å²) in [6, 6.07) is 11.4. The predicted molar refractivity (Wildman–Crippen MR) is 115 cm³/mol. The molecule has 3 rings (SSSR count). The Balaban J connectivity index is 1.57. The fourth-order valence-corrected chi connectivity index (χ4v) is 3.69. The highest BCUT2D eigenvalue weighted by Crippen LogP contribution is 2.34. The average Bonchev–Trinajstić information content (AvgIpc) is 3.19. The highest BCUT2D eigenvalue weighted by atomic mass is 32.2. The molecule has 8 heteroatoms. The molecule has 0 aliphatic heterocycles. The fraction of sp³-hybridized carbons (Fsp3) is 0.333. The lowest BCUT2D eigenvalue weighted by atomic mass is 10.1. The van der Waals surface area contributed by atoms with E-state index in [-0.39, 0.29) is 11.2 Å². The molecule has 0 saturated heterocycles. The van der Waals surface area contributed by atoms with Gasteiger partial charge in [-0.25, -0.2) is 4.98 Å². The van der Waals surface area contributed by atoms with Crippen LogP contribution in [-0.4, -0.2) is 43.0 Å². The number of ether oxygens (including phenoxy) is 3. The minimum absolute atomic E-state index is 0.0604. The van der Waals surface area contributed by atoms with Crippen molar-refractivity contribution in [3.63, 3.8) is 0 Å².